The van der Waals surface area contributed by atoms with Crippen LogP contribution in [-0.2, 0) is 0 Å². The minimum absolute atomic E-state index is 0.194. The van der Waals surface area contributed by atoms with Crippen LogP contribution < -0.4 is 16.4 Å². The number of nitrogens with two attached hydrogens (primary N) is 1. The van der Waals surface area contributed by atoms with Gasteiger partial charge >= 0.3 is 6.03 Å². The summed E-state index contributed by atoms with van der Waals surface area (Å²) in [6, 6.07) is -0.267. The van der Waals surface area contributed by atoms with Gasteiger partial charge in [-0.25, -0.2) is 9.78 Å². The molecule has 1 heterocycles. The molecule has 1 fully saturated rings. The molecule has 92 valence electrons. The van der Waals surface area contributed by atoms with Gasteiger partial charge in [0.1, 0.15) is 5.00 Å². The van der Waals surface area contributed by atoms with Crippen LogP contribution in [0.2, 0.25) is 0 Å². The minimum Gasteiger partial charge on any atom is -0.364 e. The maximum atomic E-state index is 11.5. The zero-order valence-corrected chi connectivity index (χ0v) is 10.0. The Balaban J connectivity index is 1.78. The second kappa shape index (κ2) is 5.13. The molecule has 0 bridgehead atoms. The highest BCUT2D eigenvalue weighted by atomic mass is 32.1. The highest BCUT2D eigenvalue weighted by Crippen LogP contribution is 2.25. The maximum Gasteiger partial charge on any atom is 0.319 e. The molecule has 0 unspecified atom stereocenters. The summed E-state index contributed by atoms with van der Waals surface area (Å²) in [5, 5.41) is 6.12. The molecule has 2 rings (SSSR count). The fraction of sp³-hybridized carbons (Fsp3) is 0.500. The summed E-state index contributed by atoms with van der Waals surface area (Å²) in [6.45, 7) is 0.702. The predicted molar refractivity (Wildman–Crippen MR) is 65.0 cm³/mol. The number of carbonyl (C=O) groups excluding carboxylic acids is 2. The number of hydrogen-bond acceptors (Lipinski definition) is 4. The number of thiazole rings is 1. The molecule has 0 aromatic carbocycles. The molecule has 0 saturated heterocycles. The number of amides is 3. The van der Waals surface area contributed by atoms with Crippen LogP contribution in [0.4, 0.5) is 9.80 Å². The van der Waals surface area contributed by atoms with E-state index in [-0.39, 0.29) is 11.0 Å². The average molecular weight is 254 g/mol. The Labute approximate surface area is 103 Å². The van der Waals surface area contributed by atoms with Gasteiger partial charge in [0.15, 0.2) is 5.01 Å². The Morgan fingerprint density at radius 1 is 1.53 bits per heavy atom. The van der Waals surface area contributed by atoms with Gasteiger partial charge in [-0.3, -0.25) is 10.1 Å². The van der Waals surface area contributed by atoms with Crippen molar-refractivity contribution in [1.82, 2.24) is 10.3 Å². The van der Waals surface area contributed by atoms with E-state index in [9.17, 15) is 9.59 Å². The van der Waals surface area contributed by atoms with Gasteiger partial charge < -0.3 is 11.1 Å². The number of aromatic nitrogens is 1. The lowest BCUT2D eigenvalue weighted by molar-refractivity contribution is 0.1000. The lowest BCUT2D eigenvalue weighted by Crippen LogP contribution is -2.34. The third kappa shape index (κ3) is 3.16. The molecule has 0 spiro atoms. The Bertz CT molecular complexity index is 428. The Morgan fingerprint density at radius 3 is 2.82 bits per heavy atom. The molecular formula is C10H14N4O2S. The average Bonchev–Trinajstić information content (AvgIpc) is 2.63. The van der Waals surface area contributed by atoms with E-state index < -0.39 is 5.91 Å². The van der Waals surface area contributed by atoms with Crippen LogP contribution in [-0.4, -0.2) is 23.5 Å². The van der Waals surface area contributed by atoms with Gasteiger partial charge in [0.25, 0.3) is 5.91 Å². The van der Waals surface area contributed by atoms with Crippen molar-refractivity contribution in [1.29, 1.82) is 0 Å². The van der Waals surface area contributed by atoms with Crippen molar-refractivity contribution >= 4 is 28.3 Å². The van der Waals surface area contributed by atoms with Crippen molar-refractivity contribution in [2.75, 3.05) is 11.9 Å². The highest BCUT2D eigenvalue weighted by Gasteiger charge is 2.18. The molecule has 17 heavy (non-hydrogen) atoms. The summed E-state index contributed by atoms with van der Waals surface area (Å²) in [5.74, 6) is 0.0290. The number of nitrogens with one attached hydrogen (secondary N) is 2. The van der Waals surface area contributed by atoms with E-state index in [1.807, 2.05) is 0 Å². The molecule has 1 aliphatic rings. The van der Waals surface area contributed by atoms with E-state index >= 15 is 0 Å². The summed E-state index contributed by atoms with van der Waals surface area (Å²) in [6.07, 6.45) is 5.05. The summed E-state index contributed by atoms with van der Waals surface area (Å²) in [4.78, 5) is 26.1. The maximum absolute atomic E-state index is 11.5. The van der Waals surface area contributed by atoms with Gasteiger partial charge in [-0.2, -0.15) is 0 Å². The van der Waals surface area contributed by atoms with Crippen LogP contribution in [0.25, 0.3) is 0 Å². The summed E-state index contributed by atoms with van der Waals surface area (Å²) in [5.41, 5.74) is 5.06. The molecule has 1 aromatic rings. The van der Waals surface area contributed by atoms with E-state index in [1.54, 1.807) is 0 Å². The molecule has 6 nitrogen and oxygen atoms in total. The molecule has 1 aromatic heterocycles. The number of primary amides is 1. The lowest BCUT2D eigenvalue weighted by Gasteiger charge is -2.25. The summed E-state index contributed by atoms with van der Waals surface area (Å²) >= 11 is 1.07. The standard InChI is InChI=1S/C10H14N4O2S/c11-8(15)9-12-5-7(17-9)14-10(16)13-4-6-2-1-3-6/h5-6H,1-4H2,(H2,11,15)(H2,13,14,16). The topological polar surface area (TPSA) is 97.1 Å². The molecule has 4 N–H and O–H groups in total. The van der Waals surface area contributed by atoms with E-state index in [0.717, 1.165) is 11.3 Å². The van der Waals surface area contributed by atoms with Gasteiger partial charge in [-0.1, -0.05) is 17.8 Å². The predicted octanol–water partition coefficient (Wildman–Crippen LogP) is 1.16. The smallest absolute Gasteiger partial charge is 0.319 e. The Morgan fingerprint density at radius 2 is 2.29 bits per heavy atom. The number of hydrogen-bond donors (Lipinski definition) is 3. The first-order chi connectivity index (χ1) is 8.15. The Kier molecular flexibility index (Phi) is 3.58. The fourth-order valence-electron chi connectivity index (χ4n) is 1.54. The first-order valence-electron chi connectivity index (χ1n) is 5.45. The molecule has 0 aliphatic heterocycles. The van der Waals surface area contributed by atoms with Crippen molar-refractivity contribution in [3.05, 3.63) is 11.2 Å². The number of rotatable bonds is 4. The molecule has 1 saturated carbocycles. The second-order valence-corrected chi connectivity index (χ2v) is 5.06. The normalized spacial score (nSPS) is 15.1. The second-order valence-electron chi connectivity index (χ2n) is 4.03. The Hall–Kier alpha value is -1.63. The van der Waals surface area contributed by atoms with Crippen molar-refractivity contribution in [3.63, 3.8) is 0 Å². The van der Waals surface area contributed by atoms with Gasteiger partial charge in [-0.15, -0.1) is 0 Å². The van der Waals surface area contributed by atoms with Gasteiger partial charge in [0, 0.05) is 6.54 Å². The highest BCUT2D eigenvalue weighted by molar-refractivity contribution is 7.17. The first kappa shape index (κ1) is 11.8. The molecule has 1 aliphatic carbocycles. The largest absolute Gasteiger partial charge is 0.364 e. The number of anilines is 1. The molecule has 0 atom stereocenters. The minimum atomic E-state index is -0.585. The van der Waals surface area contributed by atoms with E-state index in [1.165, 1.54) is 25.5 Å². The zero-order valence-electron chi connectivity index (χ0n) is 9.23. The number of carbonyl (C=O) groups is 2. The zero-order chi connectivity index (χ0) is 12.3. The third-order valence-corrected chi connectivity index (χ3v) is 3.66. The van der Waals surface area contributed by atoms with Crippen molar-refractivity contribution in [2.24, 2.45) is 11.7 Å². The van der Waals surface area contributed by atoms with Crippen LogP contribution in [0.15, 0.2) is 6.20 Å². The van der Waals surface area contributed by atoms with Gasteiger partial charge in [-0.05, 0) is 18.8 Å². The summed E-state index contributed by atoms with van der Waals surface area (Å²) in [7, 11) is 0. The van der Waals surface area contributed by atoms with Crippen LogP contribution in [0.1, 0.15) is 29.1 Å². The van der Waals surface area contributed by atoms with Crippen LogP contribution >= 0.6 is 11.3 Å². The van der Waals surface area contributed by atoms with Crippen molar-refractivity contribution < 1.29 is 9.59 Å². The SMILES string of the molecule is NC(=O)c1ncc(NC(=O)NCC2CCC2)s1. The molecule has 0 radical (unpaired) electrons. The van der Waals surface area contributed by atoms with Crippen LogP contribution in [0.3, 0.4) is 0 Å². The van der Waals surface area contributed by atoms with Crippen LogP contribution in [0, 0.1) is 5.92 Å². The van der Waals surface area contributed by atoms with E-state index in [4.69, 9.17) is 5.73 Å². The first-order valence-corrected chi connectivity index (χ1v) is 6.27. The number of nitrogens with zero attached hydrogens (tertiary/aromatic N) is 1. The van der Waals surface area contributed by atoms with Gasteiger partial charge in [0.2, 0.25) is 0 Å². The monoisotopic (exact) mass is 254 g/mol. The molecule has 7 heteroatoms. The van der Waals surface area contributed by atoms with Crippen molar-refractivity contribution in [2.45, 2.75) is 19.3 Å². The quantitative estimate of drug-likeness (QED) is 0.752. The van der Waals surface area contributed by atoms with E-state index in [2.05, 4.69) is 15.6 Å². The van der Waals surface area contributed by atoms with Crippen molar-refractivity contribution in [3.8, 4) is 0 Å². The third-order valence-electron chi connectivity index (χ3n) is 2.73. The van der Waals surface area contributed by atoms with Crippen LogP contribution in [0.5, 0.6) is 0 Å². The van der Waals surface area contributed by atoms with E-state index in [0.29, 0.717) is 17.5 Å². The summed E-state index contributed by atoms with van der Waals surface area (Å²) < 4.78 is 0. The molecule has 3 amide bonds. The number of urea groups is 1. The molecular weight excluding hydrogens is 240 g/mol. The fourth-order valence-corrected chi connectivity index (χ4v) is 2.20. The van der Waals surface area contributed by atoms with Gasteiger partial charge in [0.05, 0.1) is 6.20 Å². The lowest BCUT2D eigenvalue weighted by atomic mass is 9.85.